The monoisotopic (exact) mass is 283 g/mol. The molecule has 0 bridgehead atoms. The van der Waals surface area contributed by atoms with Crippen LogP contribution in [0.2, 0.25) is 0 Å². The number of rotatable bonds is 3. The number of likely N-dealkylation sites (N-methyl/N-ethyl adjacent to an activating group) is 1. The number of hydrogen-bond acceptors (Lipinski definition) is 3. The number of halogens is 1. The lowest BCUT2D eigenvalue weighted by Gasteiger charge is -2.24. The third-order valence-electron chi connectivity index (χ3n) is 3.76. The first-order valence-corrected chi connectivity index (χ1v) is 7.04. The van der Waals surface area contributed by atoms with Crippen molar-refractivity contribution in [3.05, 3.63) is 71.5 Å². The van der Waals surface area contributed by atoms with Crippen LogP contribution in [0.15, 0.2) is 59.6 Å². The molecule has 1 unspecified atom stereocenters. The summed E-state index contributed by atoms with van der Waals surface area (Å²) in [6.07, 6.45) is 0. The summed E-state index contributed by atoms with van der Waals surface area (Å²) in [6, 6.07) is 17.0. The summed E-state index contributed by atoms with van der Waals surface area (Å²) < 4.78 is 13.0. The minimum Gasteiger partial charge on any atom is -0.352 e. The Labute approximate surface area is 124 Å². The fourth-order valence-corrected chi connectivity index (χ4v) is 2.53. The molecule has 0 aromatic heterocycles. The van der Waals surface area contributed by atoms with E-state index in [4.69, 9.17) is 0 Å². The Kier molecular flexibility index (Phi) is 3.86. The van der Waals surface area contributed by atoms with Crippen molar-refractivity contribution in [1.82, 2.24) is 10.2 Å². The third-order valence-corrected chi connectivity index (χ3v) is 3.76. The van der Waals surface area contributed by atoms with Crippen molar-refractivity contribution in [2.24, 2.45) is 4.99 Å². The summed E-state index contributed by atoms with van der Waals surface area (Å²) in [7, 11) is 2.01. The van der Waals surface area contributed by atoms with Gasteiger partial charge in [0.05, 0.1) is 12.6 Å². The Hall–Kier alpha value is -2.36. The Bertz CT molecular complexity index is 622. The van der Waals surface area contributed by atoms with E-state index in [2.05, 4.69) is 27.3 Å². The number of benzene rings is 2. The minimum atomic E-state index is -0.206. The van der Waals surface area contributed by atoms with E-state index in [1.807, 2.05) is 37.4 Å². The van der Waals surface area contributed by atoms with Crippen molar-refractivity contribution in [2.75, 3.05) is 13.6 Å². The van der Waals surface area contributed by atoms with E-state index in [0.717, 1.165) is 18.1 Å². The Balaban J connectivity index is 1.63. The largest absolute Gasteiger partial charge is 0.352 e. The maximum atomic E-state index is 13.0. The molecule has 0 fully saturated rings. The first-order chi connectivity index (χ1) is 10.2. The van der Waals surface area contributed by atoms with Gasteiger partial charge in [0.15, 0.2) is 5.96 Å². The van der Waals surface area contributed by atoms with Crippen LogP contribution < -0.4 is 5.32 Å². The molecule has 2 aromatic carbocycles. The molecule has 0 amide bonds. The van der Waals surface area contributed by atoms with Gasteiger partial charge in [0, 0.05) is 13.6 Å². The van der Waals surface area contributed by atoms with Gasteiger partial charge in [-0.15, -0.1) is 0 Å². The van der Waals surface area contributed by atoms with Gasteiger partial charge in [-0.2, -0.15) is 0 Å². The van der Waals surface area contributed by atoms with Crippen LogP contribution in [-0.2, 0) is 6.54 Å². The van der Waals surface area contributed by atoms with Crippen LogP contribution >= 0.6 is 0 Å². The van der Waals surface area contributed by atoms with Crippen molar-refractivity contribution in [2.45, 2.75) is 12.6 Å². The number of aliphatic imine (C=N–C) groups is 1. The van der Waals surface area contributed by atoms with Crippen molar-refractivity contribution < 1.29 is 4.39 Å². The van der Waals surface area contributed by atoms with Crippen molar-refractivity contribution in [1.29, 1.82) is 0 Å². The van der Waals surface area contributed by atoms with Gasteiger partial charge in [-0.05, 0) is 23.3 Å². The van der Waals surface area contributed by atoms with Crippen LogP contribution in [0.3, 0.4) is 0 Å². The molecular weight excluding hydrogens is 265 g/mol. The molecule has 0 aliphatic carbocycles. The van der Waals surface area contributed by atoms with Crippen molar-refractivity contribution in [3.8, 4) is 0 Å². The Morgan fingerprint density at radius 3 is 2.57 bits per heavy atom. The molecule has 4 heteroatoms. The molecule has 0 saturated carbocycles. The fraction of sp³-hybridized carbons (Fsp3) is 0.235. The quantitative estimate of drug-likeness (QED) is 0.938. The summed E-state index contributed by atoms with van der Waals surface area (Å²) >= 11 is 0. The Morgan fingerprint density at radius 1 is 1.14 bits per heavy atom. The maximum absolute atomic E-state index is 13.0. The molecule has 0 radical (unpaired) electrons. The zero-order valence-electron chi connectivity index (χ0n) is 12.0. The fourth-order valence-electron chi connectivity index (χ4n) is 2.53. The molecule has 3 nitrogen and oxygen atoms in total. The van der Waals surface area contributed by atoms with Gasteiger partial charge < -0.3 is 10.2 Å². The van der Waals surface area contributed by atoms with Crippen LogP contribution in [0.25, 0.3) is 0 Å². The second-order valence-electron chi connectivity index (χ2n) is 5.18. The predicted molar refractivity (Wildman–Crippen MR) is 82.5 cm³/mol. The highest BCUT2D eigenvalue weighted by atomic mass is 19.1. The second-order valence-corrected chi connectivity index (χ2v) is 5.18. The molecule has 1 N–H and O–H groups in total. The lowest BCUT2D eigenvalue weighted by Crippen LogP contribution is -2.36. The standard InChI is InChI=1S/C17H18FN3/c1-21-16(14-7-9-15(18)10-8-14)12-20-17(21)19-11-13-5-3-2-4-6-13/h2-10,16H,11-12H2,1H3,(H,19,20). The molecule has 0 saturated heterocycles. The molecule has 2 aromatic rings. The first kappa shape index (κ1) is 13.6. The van der Waals surface area contributed by atoms with E-state index in [-0.39, 0.29) is 11.9 Å². The molecule has 1 atom stereocenters. The predicted octanol–water partition coefficient (Wildman–Crippen LogP) is 2.96. The smallest absolute Gasteiger partial charge is 0.194 e. The third kappa shape index (κ3) is 3.05. The second kappa shape index (κ2) is 5.95. The van der Waals surface area contributed by atoms with E-state index in [1.54, 1.807) is 0 Å². The van der Waals surface area contributed by atoms with E-state index in [0.29, 0.717) is 6.54 Å². The molecule has 1 heterocycles. The first-order valence-electron chi connectivity index (χ1n) is 7.04. The highest BCUT2D eigenvalue weighted by Gasteiger charge is 2.25. The molecule has 3 rings (SSSR count). The lowest BCUT2D eigenvalue weighted by atomic mass is 10.1. The van der Waals surface area contributed by atoms with Gasteiger partial charge in [0.1, 0.15) is 5.82 Å². The molecular formula is C17H18FN3. The number of guanidine groups is 1. The number of nitrogens with one attached hydrogen (secondary N) is 1. The summed E-state index contributed by atoms with van der Waals surface area (Å²) in [5.74, 6) is 0.677. The van der Waals surface area contributed by atoms with Crippen LogP contribution in [-0.4, -0.2) is 24.5 Å². The van der Waals surface area contributed by atoms with Gasteiger partial charge in [-0.1, -0.05) is 42.5 Å². The maximum Gasteiger partial charge on any atom is 0.194 e. The topological polar surface area (TPSA) is 27.6 Å². The molecule has 108 valence electrons. The zero-order chi connectivity index (χ0) is 14.7. The summed E-state index contributed by atoms with van der Waals surface area (Å²) in [6.45, 7) is 1.44. The minimum absolute atomic E-state index is 0.170. The van der Waals surface area contributed by atoms with Gasteiger partial charge >= 0.3 is 0 Å². The molecule has 0 spiro atoms. The highest BCUT2D eigenvalue weighted by Crippen LogP contribution is 2.24. The molecule has 21 heavy (non-hydrogen) atoms. The summed E-state index contributed by atoms with van der Waals surface area (Å²) in [5.41, 5.74) is 2.30. The van der Waals surface area contributed by atoms with E-state index in [1.165, 1.54) is 17.7 Å². The molecule has 1 aliphatic heterocycles. The van der Waals surface area contributed by atoms with Gasteiger partial charge in [-0.3, -0.25) is 4.99 Å². The summed E-state index contributed by atoms with van der Waals surface area (Å²) in [4.78, 5) is 6.66. The SMILES string of the molecule is CN1C(NCc2ccccc2)=NCC1c1ccc(F)cc1. The van der Waals surface area contributed by atoms with Crippen LogP contribution in [0.5, 0.6) is 0 Å². The van der Waals surface area contributed by atoms with Gasteiger partial charge in [0.25, 0.3) is 0 Å². The molecule has 1 aliphatic rings. The van der Waals surface area contributed by atoms with Gasteiger partial charge in [-0.25, -0.2) is 4.39 Å². The van der Waals surface area contributed by atoms with Gasteiger partial charge in [0.2, 0.25) is 0 Å². The van der Waals surface area contributed by atoms with Crippen LogP contribution in [0.4, 0.5) is 4.39 Å². The van der Waals surface area contributed by atoms with E-state index in [9.17, 15) is 4.39 Å². The van der Waals surface area contributed by atoms with E-state index >= 15 is 0 Å². The Morgan fingerprint density at radius 2 is 1.86 bits per heavy atom. The zero-order valence-corrected chi connectivity index (χ0v) is 12.0. The summed E-state index contributed by atoms with van der Waals surface area (Å²) in [5, 5.41) is 3.36. The average molecular weight is 283 g/mol. The normalized spacial score (nSPS) is 17.7. The van der Waals surface area contributed by atoms with E-state index < -0.39 is 0 Å². The van der Waals surface area contributed by atoms with Crippen molar-refractivity contribution in [3.63, 3.8) is 0 Å². The number of hydrogen-bond donors (Lipinski definition) is 1. The average Bonchev–Trinajstić information content (AvgIpc) is 2.88. The van der Waals surface area contributed by atoms with Crippen LogP contribution in [0, 0.1) is 5.82 Å². The van der Waals surface area contributed by atoms with Crippen molar-refractivity contribution >= 4 is 5.96 Å². The highest BCUT2D eigenvalue weighted by molar-refractivity contribution is 5.82. The van der Waals surface area contributed by atoms with Crippen LogP contribution in [0.1, 0.15) is 17.2 Å². The number of nitrogens with zero attached hydrogens (tertiary/aromatic N) is 2. The lowest BCUT2D eigenvalue weighted by molar-refractivity contribution is 0.405.